The third-order valence-electron chi connectivity index (χ3n) is 3.53. The molecular formula is C21H18N4O3. The maximum atomic E-state index is 11.3. The van der Waals surface area contributed by atoms with Crippen LogP contribution in [-0.2, 0) is 20.9 Å². The summed E-state index contributed by atoms with van der Waals surface area (Å²) in [5.41, 5.74) is 3.04. The van der Waals surface area contributed by atoms with Crippen LogP contribution in [0.1, 0.15) is 23.6 Å². The van der Waals surface area contributed by atoms with E-state index in [1.54, 1.807) is 49.4 Å². The molecule has 0 saturated carbocycles. The molecule has 2 rings (SSSR count). The van der Waals surface area contributed by atoms with E-state index in [9.17, 15) is 10.1 Å². The van der Waals surface area contributed by atoms with E-state index < -0.39 is 5.97 Å². The zero-order chi connectivity index (χ0) is 20.4. The van der Waals surface area contributed by atoms with Crippen molar-refractivity contribution in [3.8, 4) is 12.1 Å². The number of azo groups is 1. The maximum absolute atomic E-state index is 11.3. The Morgan fingerprint density at radius 3 is 2.50 bits per heavy atom. The van der Waals surface area contributed by atoms with E-state index in [1.807, 2.05) is 6.07 Å². The van der Waals surface area contributed by atoms with Crippen molar-refractivity contribution in [3.63, 3.8) is 0 Å². The van der Waals surface area contributed by atoms with Crippen LogP contribution in [0.25, 0.3) is 0 Å². The molecule has 0 heterocycles. The zero-order valence-corrected chi connectivity index (χ0v) is 15.4. The number of carbonyl (C=O) groups excluding carboxylic acids is 1. The van der Waals surface area contributed by atoms with Crippen LogP contribution in [0.2, 0.25) is 0 Å². The first-order valence-electron chi connectivity index (χ1n) is 8.39. The summed E-state index contributed by atoms with van der Waals surface area (Å²) in [4.78, 5) is 11.3. The van der Waals surface area contributed by atoms with Crippen LogP contribution in [0.4, 0.5) is 11.4 Å². The van der Waals surface area contributed by atoms with E-state index >= 15 is 0 Å². The van der Waals surface area contributed by atoms with E-state index in [-0.39, 0.29) is 19.8 Å². The highest BCUT2D eigenvalue weighted by atomic mass is 16.6. The van der Waals surface area contributed by atoms with Crippen molar-refractivity contribution in [2.45, 2.75) is 13.5 Å². The Hall–Kier alpha value is -3.81. The Bertz CT molecular complexity index is 984. The summed E-state index contributed by atoms with van der Waals surface area (Å²) in [6, 6.07) is 15.9. The number of nitrogens with zero attached hydrogens (tertiary/aromatic N) is 4. The fourth-order valence-corrected chi connectivity index (χ4v) is 2.12. The average molecular weight is 374 g/mol. The second-order valence-corrected chi connectivity index (χ2v) is 5.78. The summed E-state index contributed by atoms with van der Waals surface area (Å²) in [5, 5.41) is 26.4. The molecule has 0 spiro atoms. The number of ether oxygens (including phenoxy) is 2. The minimum Gasteiger partial charge on any atom is -0.460 e. The minimum atomic E-state index is -0.468. The van der Waals surface area contributed by atoms with Crippen molar-refractivity contribution in [1.29, 1.82) is 10.5 Å². The van der Waals surface area contributed by atoms with Crippen molar-refractivity contribution in [2.24, 2.45) is 10.2 Å². The number of nitriles is 2. The lowest BCUT2D eigenvalue weighted by atomic mass is 10.1. The van der Waals surface area contributed by atoms with Crippen LogP contribution >= 0.6 is 0 Å². The number of hydrogen-bond donors (Lipinski definition) is 0. The molecule has 2 aromatic carbocycles. The number of esters is 1. The third-order valence-corrected chi connectivity index (χ3v) is 3.53. The topological polar surface area (TPSA) is 108 Å². The SMILES string of the molecule is C=C(C)C(=O)OCCOCc1cc(N=Nc2cccc(C#N)c2)ccc1C#N. The second-order valence-electron chi connectivity index (χ2n) is 5.78. The van der Waals surface area contributed by atoms with Gasteiger partial charge in [-0.25, -0.2) is 4.79 Å². The lowest BCUT2D eigenvalue weighted by Gasteiger charge is -2.08. The Morgan fingerprint density at radius 2 is 1.82 bits per heavy atom. The molecule has 0 unspecified atom stereocenters. The minimum absolute atomic E-state index is 0.0994. The molecule has 0 fully saturated rings. The third kappa shape index (κ3) is 6.17. The largest absolute Gasteiger partial charge is 0.460 e. The number of rotatable bonds is 8. The smallest absolute Gasteiger partial charge is 0.333 e. The van der Waals surface area contributed by atoms with Crippen LogP contribution in [0.3, 0.4) is 0 Å². The molecule has 0 saturated heterocycles. The highest BCUT2D eigenvalue weighted by Gasteiger charge is 2.06. The molecule has 0 aliphatic heterocycles. The van der Waals surface area contributed by atoms with Gasteiger partial charge >= 0.3 is 5.97 Å². The standard InChI is InChI=1S/C21H18N4O3/c1-15(2)21(26)28-9-8-27-14-18-11-20(7-6-17(18)13-23)25-24-19-5-3-4-16(10-19)12-22/h3-7,10-11H,1,8-9,14H2,2H3. The lowest BCUT2D eigenvalue weighted by Crippen LogP contribution is -2.11. The van der Waals surface area contributed by atoms with Gasteiger partial charge < -0.3 is 9.47 Å². The highest BCUT2D eigenvalue weighted by Crippen LogP contribution is 2.22. The number of carbonyl (C=O) groups is 1. The molecule has 0 bridgehead atoms. The van der Waals surface area contributed by atoms with E-state index in [4.69, 9.17) is 14.7 Å². The summed E-state index contributed by atoms with van der Waals surface area (Å²) < 4.78 is 10.4. The molecular weight excluding hydrogens is 356 g/mol. The van der Waals surface area contributed by atoms with Crippen molar-refractivity contribution < 1.29 is 14.3 Å². The zero-order valence-electron chi connectivity index (χ0n) is 15.4. The molecule has 0 atom stereocenters. The van der Waals surface area contributed by atoms with Gasteiger partial charge in [-0.15, -0.1) is 0 Å². The molecule has 0 N–H and O–H groups in total. The Kier molecular flexibility index (Phi) is 7.59. The predicted octanol–water partition coefficient (Wildman–Crippen LogP) is 4.48. The van der Waals surface area contributed by atoms with Gasteiger partial charge in [-0.3, -0.25) is 0 Å². The normalized spacial score (nSPS) is 10.2. The van der Waals surface area contributed by atoms with Crippen LogP contribution in [0, 0.1) is 22.7 Å². The van der Waals surface area contributed by atoms with E-state index in [0.29, 0.717) is 33.6 Å². The molecule has 2 aromatic rings. The summed E-state index contributed by atoms with van der Waals surface area (Å²) in [5.74, 6) is -0.468. The first-order valence-corrected chi connectivity index (χ1v) is 8.39. The van der Waals surface area contributed by atoms with Crippen molar-refractivity contribution in [2.75, 3.05) is 13.2 Å². The van der Waals surface area contributed by atoms with Crippen LogP contribution in [-0.4, -0.2) is 19.2 Å². The predicted molar refractivity (Wildman–Crippen MR) is 102 cm³/mol. The van der Waals surface area contributed by atoms with Crippen molar-refractivity contribution in [3.05, 3.63) is 71.3 Å². The average Bonchev–Trinajstić information content (AvgIpc) is 2.72. The fourth-order valence-electron chi connectivity index (χ4n) is 2.12. The Labute approximate surface area is 163 Å². The van der Waals surface area contributed by atoms with E-state index in [2.05, 4.69) is 22.9 Å². The van der Waals surface area contributed by atoms with Gasteiger partial charge in [-0.05, 0) is 48.9 Å². The van der Waals surface area contributed by atoms with Gasteiger partial charge in [-0.1, -0.05) is 12.6 Å². The molecule has 28 heavy (non-hydrogen) atoms. The van der Waals surface area contributed by atoms with Crippen molar-refractivity contribution in [1.82, 2.24) is 0 Å². The van der Waals surface area contributed by atoms with Gasteiger partial charge in [0.2, 0.25) is 0 Å². The highest BCUT2D eigenvalue weighted by molar-refractivity contribution is 5.86. The fraction of sp³-hybridized carbons (Fsp3) is 0.190. The number of benzene rings is 2. The Balaban J connectivity index is 2.00. The quantitative estimate of drug-likeness (QED) is 0.293. The molecule has 7 heteroatoms. The first kappa shape index (κ1) is 20.5. The molecule has 7 nitrogen and oxygen atoms in total. The monoisotopic (exact) mass is 374 g/mol. The molecule has 0 radical (unpaired) electrons. The molecule has 0 aliphatic carbocycles. The Morgan fingerprint density at radius 1 is 1.07 bits per heavy atom. The second kappa shape index (κ2) is 10.4. The van der Waals surface area contributed by atoms with Gasteiger partial charge in [0.05, 0.1) is 47.9 Å². The molecule has 0 aromatic heterocycles. The van der Waals surface area contributed by atoms with Gasteiger partial charge in [-0.2, -0.15) is 20.8 Å². The molecule has 0 amide bonds. The summed E-state index contributed by atoms with van der Waals surface area (Å²) in [6.45, 7) is 5.52. The van der Waals surface area contributed by atoms with Crippen LogP contribution < -0.4 is 0 Å². The summed E-state index contributed by atoms with van der Waals surface area (Å²) in [7, 11) is 0. The van der Waals surface area contributed by atoms with Gasteiger partial charge in [0.25, 0.3) is 0 Å². The van der Waals surface area contributed by atoms with Crippen LogP contribution in [0.5, 0.6) is 0 Å². The van der Waals surface area contributed by atoms with E-state index in [0.717, 1.165) is 0 Å². The molecule has 0 aliphatic rings. The van der Waals surface area contributed by atoms with Crippen LogP contribution in [0.15, 0.2) is 64.8 Å². The van der Waals surface area contributed by atoms with Gasteiger partial charge in [0.1, 0.15) is 6.61 Å². The summed E-state index contributed by atoms with van der Waals surface area (Å²) >= 11 is 0. The molecule has 140 valence electrons. The van der Waals surface area contributed by atoms with Gasteiger partial charge in [0.15, 0.2) is 0 Å². The maximum Gasteiger partial charge on any atom is 0.333 e. The lowest BCUT2D eigenvalue weighted by molar-refractivity contribution is -0.140. The van der Waals surface area contributed by atoms with Crippen molar-refractivity contribution >= 4 is 17.3 Å². The summed E-state index contributed by atoms with van der Waals surface area (Å²) in [6.07, 6.45) is 0. The van der Waals surface area contributed by atoms with Gasteiger partial charge in [0, 0.05) is 5.57 Å². The number of hydrogen-bond acceptors (Lipinski definition) is 7. The first-order chi connectivity index (χ1) is 13.5. The van der Waals surface area contributed by atoms with E-state index in [1.165, 1.54) is 0 Å².